The van der Waals surface area contributed by atoms with E-state index in [2.05, 4.69) is 43.0 Å². The molecule has 1 atom stereocenters. The number of nitrogens with zero attached hydrogens (tertiary/aromatic N) is 1. The lowest BCUT2D eigenvalue weighted by Gasteiger charge is -2.22. The molecule has 3 nitrogen and oxygen atoms in total. The van der Waals surface area contributed by atoms with Crippen LogP contribution in [0.1, 0.15) is 20.3 Å². The number of aliphatic hydroxyl groups excluding tert-OH is 1. The Balaban J connectivity index is 2.55. The Bertz CT molecular complexity index is 340. The highest BCUT2D eigenvalue weighted by Crippen LogP contribution is 2.25. The zero-order chi connectivity index (χ0) is 13.5. The molecule has 0 aromatic heterocycles. The average molecular weight is 268 g/mol. The van der Waals surface area contributed by atoms with E-state index in [1.807, 2.05) is 18.8 Å². The highest BCUT2D eigenvalue weighted by molar-refractivity contribution is 7.99. The number of likely N-dealkylation sites (N-methyl/N-ethyl adjacent to an activating group) is 1. The first-order valence-electron chi connectivity index (χ1n) is 6.39. The van der Waals surface area contributed by atoms with Gasteiger partial charge in [-0.2, -0.15) is 0 Å². The molecule has 1 unspecified atom stereocenters. The van der Waals surface area contributed by atoms with E-state index in [0.29, 0.717) is 24.8 Å². The highest BCUT2D eigenvalue weighted by Gasteiger charge is 2.08. The summed E-state index contributed by atoms with van der Waals surface area (Å²) in [5.41, 5.74) is 6.55. The number of anilines is 1. The van der Waals surface area contributed by atoms with E-state index in [4.69, 9.17) is 5.73 Å². The molecule has 0 radical (unpaired) electrons. The van der Waals surface area contributed by atoms with Gasteiger partial charge in [0.25, 0.3) is 0 Å². The van der Waals surface area contributed by atoms with Gasteiger partial charge in [-0.05, 0) is 37.2 Å². The van der Waals surface area contributed by atoms with Crippen LogP contribution in [0.2, 0.25) is 0 Å². The normalized spacial score (nSPS) is 12.8. The number of aliphatic hydroxyl groups is 1. The molecule has 0 aliphatic rings. The second kappa shape index (κ2) is 7.67. The van der Waals surface area contributed by atoms with E-state index >= 15 is 0 Å². The van der Waals surface area contributed by atoms with Gasteiger partial charge in [0.15, 0.2) is 0 Å². The van der Waals surface area contributed by atoms with Gasteiger partial charge in [-0.3, -0.25) is 0 Å². The molecule has 0 saturated heterocycles. The Labute approximate surface area is 114 Å². The van der Waals surface area contributed by atoms with Crippen LogP contribution in [0.3, 0.4) is 0 Å². The van der Waals surface area contributed by atoms with Crippen LogP contribution in [-0.4, -0.2) is 36.6 Å². The smallest absolute Gasteiger partial charge is 0.0726 e. The van der Waals surface area contributed by atoms with Crippen molar-refractivity contribution < 1.29 is 5.11 Å². The van der Waals surface area contributed by atoms with Crippen molar-refractivity contribution in [3.63, 3.8) is 0 Å². The molecule has 0 aliphatic heterocycles. The summed E-state index contributed by atoms with van der Waals surface area (Å²) in [4.78, 5) is 3.34. The molecule has 4 heteroatoms. The van der Waals surface area contributed by atoms with Gasteiger partial charge in [-0.15, -0.1) is 11.8 Å². The lowest BCUT2D eigenvalue weighted by molar-refractivity contribution is 0.174. The standard InChI is InChI=1S/C14H24N2OS/c1-11(2)18-14-6-4-12(5-7-14)16(3)10-13(17)8-9-15/h4-7,11,13,17H,8-10,15H2,1-3H3. The molecule has 0 amide bonds. The SMILES string of the molecule is CC(C)Sc1ccc(N(C)CC(O)CCN)cc1. The van der Waals surface area contributed by atoms with Crippen molar-refractivity contribution in [1.82, 2.24) is 0 Å². The fourth-order valence-electron chi connectivity index (χ4n) is 1.76. The molecule has 1 rings (SSSR count). The van der Waals surface area contributed by atoms with Crippen LogP contribution >= 0.6 is 11.8 Å². The van der Waals surface area contributed by atoms with Crippen LogP contribution in [0.5, 0.6) is 0 Å². The molecular weight excluding hydrogens is 244 g/mol. The third kappa shape index (κ3) is 5.29. The highest BCUT2D eigenvalue weighted by atomic mass is 32.2. The Morgan fingerprint density at radius 2 is 1.89 bits per heavy atom. The first kappa shape index (κ1) is 15.3. The Kier molecular flexibility index (Phi) is 6.54. The van der Waals surface area contributed by atoms with Gasteiger partial charge < -0.3 is 15.7 Å². The van der Waals surface area contributed by atoms with E-state index in [0.717, 1.165) is 5.69 Å². The van der Waals surface area contributed by atoms with Gasteiger partial charge in [0.1, 0.15) is 0 Å². The predicted octanol–water partition coefficient (Wildman–Crippen LogP) is 2.33. The van der Waals surface area contributed by atoms with Crippen LogP contribution < -0.4 is 10.6 Å². The van der Waals surface area contributed by atoms with Crippen LogP contribution in [-0.2, 0) is 0 Å². The fraction of sp³-hybridized carbons (Fsp3) is 0.571. The number of rotatable bonds is 7. The van der Waals surface area contributed by atoms with Gasteiger partial charge in [0.05, 0.1) is 6.10 Å². The molecule has 0 fully saturated rings. The third-order valence-electron chi connectivity index (χ3n) is 2.63. The van der Waals surface area contributed by atoms with Gasteiger partial charge in [0, 0.05) is 29.4 Å². The molecule has 0 aliphatic carbocycles. The van der Waals surface area contributed by atoms with E-state index in [-0.39, 0.29) is 6.10 Å². The summed E-state index contributed by atoms with van der Waals surface area (Å²) in [6.07, 6.45) is 0.288. The quantitative estimate of drug-likeness (QED) is 0.745. The van der Waals surface area contributed by atoms with Gasteiger partial charge >= 0.3 is 0 Å². The first-order valence-corrected chi connectivity index (χ1v) is 7.27. The van der Waals surface area contributed by atoms with Crippen LogP contribution in [0.4, 0.5) is 5.69 Å². The van der Waals surface area contributed by atoms with E-state index in [9.17, 15) is 5.11 Å². The summed E-state index contributed by atoms with van der Waals surface area (Å²) in [5.74, 6) is 0. The summed E-state index contributed by atoms with van der Waals surface area (Å²) in [7, 11) is 1.99. The number of thioether (sulfide) groups is 1. The lowest BCUT2D eigenvalue weighted by Crippen LogP contribution is -2.30. The molecule has 0 bridgehead atoms. The minimum atomic E-state index is -0.357. The summed E-state index contributed by atoms with van der Waals surface area (Å²) in [6.45, 7) is 5.52. The number of benzene rings is 1. The first-order chi connectivity index (χ1) is 8.52. The van der Waals surface area contributed by atoms with Gasteiger partial charge in [-0.25, -0.2) is 0 Å². The maximum absolute atomic E-state index is 9.73. The second-order valence-corrected chi connectivity index (χ2v) is 6.42. The fourth-order valence-corrected chi connectivity index (χ4v) is 2.59. The molecular formula is C14H24N2OS. The summed E-state index contributed by atoms with van der Waals surface area (Å²) >= 11 is 1.86. The maximum atomic E-state index is 9.73. The molecule has 0 heterocycles. The minimum Gasteiger partial charge on any atom is -0.391 e. The number of nitrogens with two attached hydrogens (primary N) is 1. The van der Waals surface area contributed by atoms with Gasteiger partial charge in [-0.1, -0.05) is 13.8 Å². The van der Waals surface area contributed by atoms with Crippen molar-refractivity contribution in [3.8, 4) is 0 Å². The van der Waals surface area contributed by atoms with Crippen LogP contribution in [0.15, 0.2) is 29.2 Å². The average Bonchev–Trinajstić information content (AvgIpc) is 2.29. The zero-order valence-electron chi connectivity index (χ0n) is 11.5. The largest absolute Gasteiger partial charge is 0.391 e. The van der Waals surface area contributed by atoms with Crippen molar-refractivity contribution in [1.29, 1.82) is 0 Å². The Morgan fingerprint density at radius 1 is 1.28 bits per heavy atom. The van der Waals surface area contributed by atoms with Crippen LogP contribution in [0, 0.1) is 0 Å². The second-order valence-electron chi connectivity index (χ2n) is 4.77. The minimum absolute atomic E-state index is 0.357. The summed E-state index contributed by atoms with van der Waals surface area (Å²) in [5, 5.41) is 10.3. The van der Waals surface area contributed by atoms with E-state index in [1.165, 1.54) is 4.90 Å². The van der Waals surface area contributed by atoms with Crippen molar-refractivity contribution in [3.05, 3.63) is 24.3 Å². The molecule has 0 saturated carbocycles. The third-order valence-corrected chi connectivity index (χ3v) is 3.65. The molecule has 1 aromatic rings. The maximum Gasteiger partial charge on any atom is 0.0726 e. The van der Waals surface area contributed by atoms with E-state index in [1.54, 1.807) is 0 Å². The number of hydrogen-bond donors (Lipinski definition) is 2. The Hall–Kier alpha value is -0.710. The molecule has 3 N–H and O–H groups in total. The van der Waals surface area contributed by atoms with Crippen molar-refractivity contribution in [2.75, 3.05) is 25.0 Å². The Morgan fingerprint density at radius 3 is 2.39 bits per heavy atom. The molecule has 0 spiro atoms. The molecule has 102 valence electrons. The van der Waals surface area contributed by atoms with Crippen molar-refractivity contribution >= 4 is 17.4 Å². The summed E-state index contributed by atoms with van der Waals surface area (Å²) < 4.78 is 0. The lowest BCUT2D eigenvalue weighted by atomic mass is 10.2. The molecule has 1 aromatic carbocycles. The molecule has 18 heavy (non-hydrogen) atoms. The van der Waals surface area contributed by atoms with Crippen molar-refractivity contribution in [2.24, 2.45) is 5.73 Å². The number of hydrogen-bond acceptors (Lipinski definition) is 4. The monoisotopic (exact) mass is 268 g/mol. The predicted molar refractivity (Wildman–Crippen MR) is 80.4 cm³/mol. The summed E-state index contributed by atoms with van der Waals surface area (Å²) in [6, 6.07) is 8.46. The topological polar surface area (TPSA) is 49.5 Å². The van der Waals surface area contributed by atoms with Gasteiger partial charge in [0.2, 0.25) is 0 Å². The zero-order valence-corrected chi connectivity index (χ0v) is 12.3. The van der Waals surface area contributed by atoms with Crippen molar-refractivity contribution in [2.45, 2.75) is 36.5 Å². The van der Waals surface area contributed by atoms with E-state index < -0.39 is 0 Å². The van der Waals surface area contributed by atoms with Crippen LogP contribution in [0.25, 0.3) is 0 Å².